The zero-order valence-corrected chi connectivity index (χ0v) is 20.1. The summed E-state index contributed by atoms with van der Waals surface area (Å²) in [5.41, 5.74) is 4.46. The van der Waals surface area contributed by atoms with Crippen LogP contribution in [-0.4, -0.2) is 41.3 Å². The average molecular weight is 482 g/mol. The van der Waals surface area contributed by atoms with Gasteiger partial charge in [0, 0.05) is 11.6 Å². The van der Waals surface area contributed by atoms with Gasteiger partial charge in [-0.1, -0.05) is 37.3 Å². The SMILES string of the molecule is CCc1ccc(N(CC(=O)N/N=C\c2ccc(OC)cc2OC)S(=O)(=O)c2ccccc2)cc1. The van der Waals surface area contributed by atoms with E-state index < -0.39 is 22.5 Å². The van der Waals surface area contributed by atoms with Gasteiger partial charge >= 0.3 is 0 Å². The molecule has 9 heteroatoms. The van der Waals surface area contributed by atoms with Crippen LogP contribution >= 0.6 is 0 Å². The highest BCUT2D eigenvalue weighted by Gasteiger charge is 2.27. The molecule has 0 unspecified atom stereocenters. The number of amides is 1. The number of nitrogens with one attached hydrogen (secondary N) is 1. The van der Waals surface area contributed by atoms with Crippen LogP contribution in [0.3, 0.4) is 0 Å². The average Bonchev–Trinajstić information content (AvgIpc) is 2.88. The van der Waals surface area contributed by atoms with E-state index in [2.05, 4.69) is 10.5 Å². The van der Waals surface area contributed by atoms with Crippen LogP contribution in [-0.2, 0) is 21.2 Å². The minimum atomic E-state index is -3.98. The smallest absolute Gasteiger partial charge is 0.264 e. The van der Waals surface area contributed by atoms with Gasteiger partial charge in [0.15, 0.2) is 0 Å². The largest absolute Gasteiger partial charge is 0.497 e. The van der Waals surface area contributed by atoms with Crippen LogP contribution in [0.25, 0.3) is 0 Å². The second-order valence-electron chi connectivity index (χ2n) is 7.25. The van der Waals surface area contributed by atoms with Crippen LogP contribution in [0.2, 0.25) is 0 Å². The van der Waals surface area contributed by atoms with Gasteiger partial charge < -0.3 is 9.47 Å². The summed E-state index contributed by atoms with van der Waals surface area (Å²) in [5.74, 6) is 0.540. The Balaban J connectivity index is 1.82. The second-order valence-corrected chi connectivity index (χ2v) is 9.11. The normalized spacial score (nSPS) is 11.3. The maximum atomic E-state index is 13.3. The Bertz CT molecular complexity index is 1240. The first-order chi connectivity index (χ1) is 16.4. The third-order valence-corrected chi connectivity index (χ3v) is 6.87. The maximum Gasteiger partial charge on any atom is 0.264 e. The van der Waals surface area contributed by atoms with Crippen molar-refractivity contribution >= 4 is 27.8 Å². The van der Waals surface area contributed by atoms with Crippen molar-refractivity contribution in [1.29, 1.82) is 0 Å². The lowest BCUT2D eigenvalue weighted by Crippen LogP contribution is -2.39. The molecule has 0 aromatic heterocycles. The van der Waals surface area contributed by atoms with Crippen molar-refractivity contribution in [3.63, 3.8) is 0 Å². The molecule has 3 aromatic carbocycles. The molecule has 0 aliphatic carbocycles. The van der Waals surface area contributed by atoms with Crippen LogP contribution in [0.1, 0.15) is 18.1 Å². The lowest BCUT2D eigenvalue weighted by Gasteiger charge is -2.24. The number of sulfonamides is 1. The number of benzene rings is 3. The molecule has 0 saturated heterocycles. The van der Waals surface area contributed by atoms with Gasteiger partial charge in [-0.25, -0.2) is 13.8 Å². The van der Waals surface area contributed by atoms with E-state index in [-0.39, 0.29) is 4.90 Å². The highest BCUT2D eigenvalue weighted by atomic mass is 32.2. The summed E-state index contributed by atoms with van der Waals surface area (Å²) in [4.78, 5) is 12.8. The predicted molar refractivity (Wildman–Crippen MR) is 132 cm³/mol. The number of hydrogen-bond donors (Lipinski definition) is 1. The molecular weight excluding hydrogens is 454 g/mol. The maximum absolute atomic E-state index is 13.3. The molecular formula is C25H27N3O5S. The fourth-order valence-electron chi connectivity index (χ4n) is 3.20. The Labute approximate surface area is 199 Å². The topological polar surface area (TPSA) is 97.3 Å². The summed E-state index contributed by atoms with van der Waals surface area (Å²) >= 11 is 0. The third-order valence-electron chi connectivity index (χ3n) is 5.08. The molecule has 34 heavy (non-hydrogen) atoms. The summed E-state index contributed by atoms with van der Waals surface area (Å²) in [7, 11) is -0.913. The first-order valence-electron chi connectivity index (χ1n) is 10.6. The van der Waals surface area contributed by atoms with E-state index in [1.807, 2.05) is 19.1 Å². The second kappa shape index (κ2) is 11.3. The van der Waals surface area contributed by atoms with Crippen molar-refractivity contribution in [3.05, 3.63) is 83.9 Å². The summed E-state index contributed by atoms with van der Waals surface area (Å²) < 4.78 is 38.2. The number of nitrogens with zero attached hydrogens (tertiary/aromatic N) is 2. The molecule has 0 heterocycles. The summed E-state index contributed by atoms with van der Waals surface area (Å²) in [5, 5.41) is 3.97. The number of methoxy groups -OCH3 is 2. The van der Waals surface area contributed by atoms with Gasteiger partial charge in [0.25, 0.3) is 15.9 Å². The molecule has 0 aliphatic rings. The third kappa shape index (κ3) is 5.93. The predicted octanol–water partition coefficient (Wildman–Crippen LogP) is 3.61. The lowest BCUT2D eigenvalue weighted by molar-refractivity contribution is -0.119. The molecule has 3 rings (SSSR count). The van der Waals surface area contributed by atoms with Crippen molar-refractivity contribution in [1.82, 2.24) is 5.43 Å². The molecule has 1 N–H and O–H groups in total. The number of rotatable bonds is 10. The van der Waals surface area contributed by atoms with E-state index in [0.717, 1.165) is 16.3 Å². The van der Waals surface area contributed by atoms with Gasteiger partial charge in [-0.3, -0.25) is 9.10 Å². The van der Waals surface area contributed by atoms with Crippen molar-refractivity contribution < 1.29 is 22.7 Å². The van der Waals surface area contributed by atoms with Crippen molar-refractivity contribution in [2.75, 3.05) is 25.1 Å². The molecule has 3 aromatic rings. The number of anilines is 1. The quantitative estimate of drug-likeness (QED) is 0.352. The Morgan fingerprint density at radius 2 is 1.71 bits per heavy atom. The molecule has 0 atom stereocenters. The molecule has 0 saturated carbocycles. The first kappa shape index (κ1) is 24.8. The summed E-state index contributed by atoms with van der Waals surface area (Å²) in [6, 6.07) is 20.2. The monoisotopic (exact) mass is 481 g/mol. The Morgan fingerprint density at radius 3 is 2.32 bits per heavy atom. The van der Waals surface area contributed by atoms with E-state index in [0.29, 0.717) is 22.7 Å². The van der Waals surface area contributed by atoms with Gasteiger partial charge in [0.2, 0.25) is 0 Å². The molecule has 0 radical (unpaired) electrons. The molecule has 0 bridgehead atoms. The van der Waals surface area contributed by atoms with Gasteiger partial charge in [-0.2, -0.15) is 5.10 Å². The molecule has 1 amide bonds. The zero-order valence-electron chi connectivity index (χ0n) is 19.3. The number of hydrazone groups is 1. The number of aryl methyl sites for hydroxylation is 1. The van der Waals surface area contributed by atoms with Gasteiger partial charge in [-0.15, -0.1) is 0 Å². The van der Waals surface area contributed by atoms with E-state index in [9.17, 15) is 13.2 Å². The molecule has 8 nitrogen and oxygen atoms in total. The standard InChI is InChI=1S/C25H27N3O5S/c1-4-19-10-13-21(14-11-19)28(34(30,31)23-8-6-5-7-9-23)18-25(29)27-26-17-20-12-15-22(32-2)16-24(20)33-3/h5-17H,4,18H2,1-3H3,(H,27,29)/b26-17-. The molecule has 0 fully saturated rings. The van der Waals surface area contributed by atoms with Crippen molar-refractivity contribution in [2.24, 2.45) is 5.10 Å². The number of carbonyl (C=O) groups excluding carboxylic acids is 1. The number of ether oxygens (including phenoxy) is 2. The Morgan fingerprint density at radius 1 is 1.00 bits per heavy atom. The highest BCUT2D eigenvalue weighted by Crippen LogP contribution is 2.25. The molecule has 178 valence electrons. The van der Waals surface area contributed by atoms with E-state index in [4.69, 9.17) is 9.47 Å². The number of carbonyl (C=O) groups is 1. The minimum absolute atomic E-state index is 0.0915. The van der Waals surface area contributed by atoms with Crippen LogP contribution in [0.15, 0.2) is 82.8 Å². The minimum Gasteiger partial charge on any atom is -0.497 e. The lowest BCUT2D eigenvalue weighted by atomic mass is 10.1. The van der Waals surface area contributed by atoms with Crippen molar-refractivity contribution in [2.45, 2.75) is 18.2 Å². The van der Waals surface area contributed by atoms with Crippen LogP contribution in [0.5, 0.6) is 11.5 Å². The number of hydrogen-bond acceptors (Lipinski definition) is 6. The fraction of sp³-hybridized carbons (Fsp3) is 0.200. The zero-order chi connectivity index (χ0) is 24.6. The van der Waals surface area contributed by atoms with Crippen LogP contribution in [0, 0.1) is 0 Å². The van der Waals surface area contributed by atoms with Crippen LogP contribution < -0.4 is 19.2 Å². The molecule has 0 aliphatic heterocycles. The van der Waals surface area contributed by atoms with E-state index in [1.54, 1.807) is 55.6 Å². The highest BCUT2D eigenvalue weighted by molar-refractivity contribution is 7.92. The Hall–Kier alpha value is -3.85. The van der Waals surface area contributed by atoms with Gasteiger partial charge in [0.05, 0.1) is 31.0 Å². The molecule has 0 spiro atoms. The summed E-state index contributed by atoms with van der Waals surface area (Å²) in [6.07, 6.45) is 2.23. The van der Waals surface area contributed by atoms with Gasteiger partial charge in [0.1, 0.15) is 18.0 Å². The Kier molecular flexibility index (Phi) is 8.26. The fourth-order valence-corrected chi connectivity index (χ4v) is 4.64. The van der Waals surface area contributed by atoms with Crippen LogP contribution in [0.4, 0.5) is 5.69 Å². The summed E-state index contributed by atoms with van der Waals surface area (Å²) in [6.45, 7) is 1.57. The van der Waals surface area contributed by atoms with E-state index in [1.165, 1.54) is 25.5 Å². The van der Waals surface area contributed by atoms with Gasteiger partial charge in [-0.05, 0) is 48.4 Å². The van der Waals surface area contributed by atoms with E-state index >= 15 is 0 Å². The first-order valence-corrected chi connectivity index (χ1v) is 12.0. The van der Waals surface area contributed by atoms with Crippen molar-refractivity contribution in [3.8, 4) is 11.5 Å².